The zero-order valence-corrected chi connectivity index (χ0v) is 11.3. The molecule has 0 bridgehead atoms. The highest BCUT2D eigenvalue weighted by Gasteiger charge is 2.43. The quantitative estimate of drug-likeness (QED) is 0.472. The number of rotatable bonds is 5. The van der Waals surface area contributed by atoms with Gasteiger partial charge < -0.3 is 14.2 Å². The van der Waals surface area contributed by atoms with Crippen molar-refractivity contribution in [3.05, 3.63) is 28.3 Å². The zero-order chi connectivity index (χ0) is 14.0. The monoisotopic (exact) mass is 287 g/mol. The smallest absolute Gasteiger partial charge is 0.314 e. The number of nitro groups is 1. The van der Waals surface area contributed by atoms with Crippen LogP contribution in [0.2, 0.25) is 0 Å². The lowest BCUT2D eigenvalue weighted by Crippen LogP contribution is -2.52. The first kappa shape index (κ1) is 13.9. The molecule has 19 heavy (non-hydrogen) atoms. The molecule has 7 heteroatoms. The van der Waals surface area contributed by atoms with E-state index in [1.54, 1.807) is 6.07 Å². The van der Waals surface area contributed by atoms with Crippen molar-refractivity contribution in [1.82, 2.24) is 0 Å². The van der Waals surface area contributed by atoms with Crippen LogP contribution < -0.4 is 9.47 Å². The molecule has 6 nitrogen and oxygen atoms in total. The minimum Gasteiger partial charge on any atom is -0.496 e. The number of alkyl halides is 1. The van der Waals surface area contributed by atoms with Crippen LogP contribution in [0.1, 0.15) is 6.42 Å². The third-order valence-electron chi connectivity index (χ3n) is 3.09. The lowest BCUT2D eigenvalue weighted by molar-refractivity contribution is -0.386. The van der Waals surface area contributed by atoms with Crippen LogP contribution >= 0.6 is 11.6 Å². The van der Waals surface area contributed by atoms with E-state index in [1.807, 2.05) is 0 Å². The SMILES string of the molecule is COc1ccc(OC2CC(Cl)C2OC)c([N+](=O)[O-])c1. The van der Waals surface area contributed by atoms with Crippen molar-refractivity contribution in [2.24, 2.45) is 0 Å². The van der Waals surface area contributed by atoms with Gasteiger partial charge in [-0.15, -0.1) is 11.6 Å². The maximum atomic E-state index is 11.0. The number of methoxy groups -OCH3 is 2. The van der Waals surface area contributed by atoms with E-state index in [1.165, 1.54) is 26.4 Å². The molecule has 0 saturated heterocycles. The summed E-state index contributed by atoms with van der Waals surface area (Å²) in [6.07, 6.45) is 0.0893. The van der Waals surface area contributed by atoms with Gasteiger partial charge >= 0.3 is 5.69 Å². The van der Waals surface area contributed by atoms with Gasteiger partial charge in [0.05, 0.1) is 23.5 Å². The number of hydrogen-bond acceptors (Lipinski definition) is 5. The molecule has 1 aromatic carbocycles. The highest BCUT2D eigenvalue weighted by Crippen LogP contribution is 2.37. The van der Waals surface area contributed by atoms with E-state index in [-0.39, 0.29) is 29.0 Å². The fraction of sp³-hybridized carbons (Fsp3) is 0.500. The second-order valence-corrected chi connectivity index (χ2v) is 4.76. The summed E-state index contributed by atoms with van der Waals surface area (Å²) in [5, 5.41) is 10.9. The summed E-state index contributed by atoms with van der Waals surface area (Å²) in [4.78, 5) is 10.5. The number of halogens is 1. The second kappa shape index (κ2) is 5.63. The van der Waals surface area contributed by atoms with Crippen molar-refractivity contribution in [1.29, 1.82) is 0 Å². The van der Waals surface area contributed by atoms with Gasteiger partial charge in [0.1, 0.15) is 18.0 Å². The van der Waals surface area contributed by atoms with Crippen LogP contribution in [0, 0.1) is 10.1 Å². The van der Waals surface area contributed by atoms with Crippen LogP contribution in [0.4, 0.5) is 5.69 Å². The molecule has 104 valence electrons. The second-order valence-electron chi connectivity index (χ2n) is 4.20. The highest BCUT2D eigenvalue weighted by molar-refractivity contribution is 6.21. The van der Waals surface area contributed by atoms with Crippen LogP contribution in [0.25, 0.3) is 0 Å². The Morgan fingerprint density at radius 3 is 2.68 bits per heavy atom. The van der Waals surface area contributed by atoms with Gasteiger partial charge in [-0.05, 0) is 12.1 Å². The Bertz CT molecular complexity index is 481. The van der Waals surface area contributed by atoms with Crippen molar-refractivity contribution in [2.45, 2.75) is 24.0 Å². The van der Waals surface area contributed by atoms with Crippen molar-refractivity contribution in [3.63, 3.8) is 0 Å². The van der Waals surface area contributed by atoms with Gasteiger partial charge in [0, 0.05) is 13.5 Å². The van der Waals surface area contributed by atoms with Crippen LogP contribution in [0.15, 0.2) is 18.2 Å². The maximum absolute atomic E-state index is 11.0. The first-order valence-corrected chi connectivity index (χ1v) is 6.16. The van der Waals surface area contributed by atoms with Gasteiger partial charge in [-0.25, -0.2) is 0 Å². The first-order valence-electron chi connectivity index (χ1n) is 5.72. The Balaban J connectivity index is 2.18. The van der Waals surface area contributed by atoms with E-state index < -0.39 is 4.92 Å². The molecule has 1 aliphatic carbocycles. The molecule has 0 aliphatic heterocycles. The van der Waals surface area contributed by atoms with Crippen molar-refractivity contribution in [3.8, 4) is 11.5 Å². The van der Waals surface area contributed by atoms with E-state index in [2.05, 4.69) is 0 Å². The number of hydrogen-bond donors (Lipinski definition) is 0. The Morgan fingerprint density at radius 2 is 2.16 bits per heavy atom. The third-order valence-corrected chi connectivity index (χ3v) is 3.52. The Morgan fingerprint density at radius 1 is 1.42 bits per heavy atom. The van der Waals surface area contributed by atoms with Gasteiger partial charge in [0.15, 0.2) is 5.75 Å². The largest absolute Gasteiger partial charge is 0.496 e. The molecule has 0 aromatic heterocycles. The lowest BCUT2D eigenvalue weighted by Gasteiger charge is -2.39. The summed E-state index contributed by atoms with van der Waals surface area (Å²) in [7, 11) is 2.99. The topological polar surface area (TPSA) is 70.8 Å². The van der Waals surface area contributed by atoms with Crippen LogP contribution in [-0.4, -0.2) is 36.7 Å². The van der Waals surface area contributed by atoms with E-state index in [9.17, 15) is 10.1 Å². The predicted molar refractivity (Wildman–Crippen MR) is 69.1 cm³/mol. The molecule has 3 atom stereocenters. The van der Waals surface area contributed by atoms with Gasteiger partial charge in [0.25, 0.3) is 0 Å². The molecule has 2 rings (SSSR count). The van der Waals surface area contributed by atoms with Gasteiger partial charge in [-0.2, -0.15) is 0 Å². The fourth-order valence-electron chi connectivity index (χ4n) is 1.97. The van der Waals surface area contributed by atoms with Crippen LogP contribution in [0.5, 0.6) is 11.5 Å². The Hall–Kier alpha value is -1.53. The first-order chi connectivity index (χ1) is 9.06. The molecule has 1 aromatic rings. The van der Waals surface area contributed by atoms with Gasteiger partial charge in [-0.3, -0.25) is 10.1 Å². The molecular formula is C12H14ClNO5. The molecule has 0 heterocycles. The number of benzene rings is 1. The number of nitrogens with zero attached hydrogens (tertiary/aromatic N) is 1. The standard InChI is InChI=1S/C12H14ClNO5/c1-17-7-3-4-10(9(5-7)14(15)16)19-11-6-8(13)12(11)18-2/h3-5,8,11-12H,6H2,1-2H3. The zero-order valence-electron chi connectivity index (χ0n) is 10.5. The third kappa shape index (κ3) is 2.74. The van der Waals surface area contributed by atoms with Crippen molar-refractivity contribution in [2.75, 3.05) is 14.2 Å². The molecule has 1 aliphatic rings. The fourth-order valence-corrected chi connectivity index (χ4v) is 2.41. The van der Waals surface area contributed by atoms with E-state index in [4.69, 9.17) is 25.8 Å². The van der Waals surface area contributed by atoms with Gasteiger partial charge in [0.2, 0.25) is 0 Å². The highest BCUT2D eigenvalue weighted by atomic mass is 35.5. The summed E-state index contributed by atoms with van der Waals surface area (Å²) in [6, 6.07) is 4.46. The molecule has 0 N–H and O–H groups in total. The maximum Gasteiger partial charge on any atom is 0.314 e. The summed E-state index contributed by atoms with van der Waals surface area (Å²) in [6.45, 7) is 0. The van der Waals surface area contributed by atoms with Crippen molar-refractivity contribution < 1.29 is 19.1 Å². The van der Waals surface area contributed by atoms with Crippen LogP contribution in [0.3, 0.4) is 0 Å². The summed E-state index contributed by atoms with van der Waals surface area (Å²) >= 11 is 5.97. The average Bonchev–Trinajstić information content (AvgIpc) is 2.38. The minimum atomic E-state index is -0.503. The van der Waals surface area contributed by atoms with E-state index in [0.29, 0.717) is 12.2 Å². The Kier molecular flexibility index (Phi) is 4.11. The lowest BCUT2D eigenvalue weighted by atomic mass is 9.91. The summed E-state index contributed by atoms with van der Waals surface area (Å²) in [5.41, 5.74) is -0.132. The molecule has 0 radical (unpaired) electrons. The van der Waals surface area contributed by atoms with E-state index in [0.717, 1.165) is 0 Å². The van der Waals surface area contributed by atoms with E-state index >= 15 is 0 Å². The summed E-state index contributed by atoms with van der Waals surface area (Å²) < 4.78 is 15.7. The Labute approximate surface area is 115 Å². The van der Waals surface area contributed by atoms with Crippen LogP contribution in [-0.2, 0) is 4.74 Å². The predicted octanol–water partition coefficient (Wildman–Crippen LogP) is 2.38. The minimum absolute atomic E-state index is 0.118. The average molecular weight is 288 g/mol. The van der Waals surface area contributed by atoms with Gasteiger partial charge in [-0.1, -0.05) is 0 Å². The molecule has 3 unspecified atom stereocenters. The molecule has 1 fully saturated rings. The molecular weight excluding hydrogens is 274 g/mol. The number of ether oxygens (including phenoxy) is 3. The molecule has 0 spiro atoms. The normalized spacial score (nSPS) is 25.5. The number of nitro benzene ring substituents is 1. The molecule has 0 amide bonds. The summed E-state index contributed by atoms with van der Waals surface area (Å²) in [5.74, 6) is 0.604. The molecule has 1 saturated carbocycles. The van der Waals surface area contributed by atoms with Crippen molar-refractivity contribution >= 4 is 17.3 Å².